The Morgan fingerprint density at radius 1 is 1.15 bits per heavy atom. The summed E-state index contributed by atoms with van der Waals surface area (Å²) in [5.41, 5.74) is 3.57. The summed E-state index contributed by atoms with van der Waals surface area (Å²) in [5.74, 6) is 0.167. The van der Waals surface area contributed by atoms with Gasteiger partial charge in [0.25, 0.3) is 5.91 Å². The molecule has 0 spiro atoms. The summed E-state index contributed by atoms with van der Waals surface area (Å²) in [6.45, 7) is 6.16. The van der Waals surface area contributed by atoms with Crippen LogP contribution in [0.4, 0.5) is 5.69 Å². The van der Waals surface area contributed by atoms with Crippen molar-refractivity contribution in [3.05, 3.63) is 77.1 Å². The number of sulfonamides is 1. The van der Waals surface area contributed by atoms with Gasteiger partial charge in [0.15, 0.2) is 0 Å². The van der Waals surface area contributed by atoms with Crippen molar-refractivity contribution in [2.75, 3.05) is 11.9 Å². The summed E-state index contributed by atoms with van der Waals surface area (Å²) in [4.78, 5) is 12.7. The Bertz CT molecular complexity index is 1350. The molecule has 1 amide bonds. The van der Waals surface area contributed by atoms with E-state index in [0.717, 1.165) is 17.1 Å². The highest BCUT2D eigenvalue weighted by molar-refractivity contribution is 7.89. The molecular weight excluding hydrogens is 440 g/mol. The zero-order chi connectivity index (χ0) is 24.2. The zero-order valence-corrected chi connectivity index (χ0v) is 19.3. The Kier molecular flexibility index (Phi) is 7.01. The maximum Gasteiger partial charge on any atom is 0.266 e. The van der Waals surface area contributed by atoms with Gasteiger partial charge in [-0.3, -0.25) is 4.79 Å². The fourth-order valence-electron chi connectivity index (χ4n) is 3.42. The van der Waals surface area contributed by atoms with Gasteiger partial charge in [-0.05, 0) is 87.0 Å². The second-order valence-corrected chi connectivity index (χ2v) is 8.84. The number of benzene rings is 2. The quantitative estimate of drug-likeness (QED) is 0.407. The van der Waals surface area contributed by atoms with Crippen molar-refractivity contribution in [3.63, 3.8) is 0 Å². The van der Waals surface area contributed by atoms with E-state index in [4.69, 9.17) is 9.88 Å². The van der Waals surface area contributed by atoms with Crippen molar-refractivity contribution >= 4 is 27.7 Å². The van der Waals surface area contributed by atoms with E-state index in [-0.39, 0.29) is 10.5 Å². The average molecular weight is 465 g/mol. The zero-order valence-electron chi connectivity index (χ0n) is 18.5. The van der Waals surface area contributed by atoms with E-state index < -0.39 is 15.9 Å². The minimum Gasteiger partial charge on any atom is -0.494 e. The average Bonchev–Trinajstić information content (AvgIpc) is 3.05. The molecule has 0 atom stereocenters. The predicted octanol–water partition coefficient (Wildman–Crippen LogP) is 3.69. The number of anilines is 1. The van der Waals surface area contributed by atoms with Gasteiger partial charge in [0.2, 0.25) is 10.0 Å². The molecule has 0 bridgehead atoms. The smallest absolute Gasteiger partial charge is 0.266 e. The van der Waals surface area contributed by atoms with Crippen LogP contribution in [-0.4, -0.2) is 25.5 Å². The van der Waals surface area contributed by atoms with E-state index in [1.165, 1.54) is 18.2 Å². The molecule has 3 N–H and O–H groups in total. The van der Waals surface area contributed by atoms with E-state index in [0.29, 0.717) is 23.6 Å². The third kappa shape index (κ3) is 5.49. The molecule has 33 heavy (non-hydrogen) atoms. The van der Waals surface area contributed by atoms with E-state index in [9.17, 15) is 18.5 Å². The van der Waals surface area contributed by atoms with Crippen molar-refractivity contribution in [2.24, 2.45) is 5.14 Å². The number of primary sulfonamides is 1. The molecule has 2 aromatic carbocycles. The largest absolute Gasteiger partial charge is 0.494 e. The maximum atomic E-state index is 12.7. The van der Waals surface area contributed by atoms with Crippen LogP contribution in [0.15, 0.2) is 65.1 Å². The van der Waals surface area contributed by atoms with Crippen molar-refractivity contribution in [3.8, 4) is 17.5 Å². The minimum absolute atomic E-state index is 0.0200. The van der Waals surface area contributed by atoms with Crippen LogP contribution in [0.25, 0.3) is 11.8 Å². The minimum atomic E-state index is -3.78. The number of ether oxygens (including phenoxy) is 1. The molecule has 1 aromatic heterocycles. The van der Waals surface area contributed by atoms with Gasteiger partial charge < -0.3 is 14.6 Å². The molecule has 170 valence electrons. The second-order valence-electron chi connectivity index (χ2n) is 7.28. The first kappa shape index (κ1) is 23.8. The lowest BCUT2D eigenvalue weighted by Crippen LogP contribution is -2.13. The van der Waals surface area contributed by atoms with E-state index in [1.54, 1.807) is 36.4 Å². The fourth-order valence-corrected chi connectivity index (χ4v) is 3.94. The van der Waals surface area contributed by atoms with Crippen molar-refractivity contribution in [2.45, 2.75) is 25.7 Å². The van der Waals surface area contributed by atoms with E-state index in [2.05, 4.69) is 5.32 Å². The number of nitrogens with zero attached hydrogens (tertiary/aromatic N) is 2. The number of aryl methyl sites for hydroxylation is 1. The van der Waals surface area contributed by atoms with Gasteiger partial charge in [-0.2, -0.15) is 5.26 Å². The third-order valence-electron chi connectivity index (χ3n) is 4.98. The SMILES string of the molecule is CCOc1ccc(NC(=O)/C(C#N)=C\c2cc(C)n(-c3ccc(S(N)(=O)=O)cc3)c2C)cc1. The van der Waals surface area contributed by atoms with Crippen LogP contribution < -0.4 is 15.2 Å². The number of rotatable bonds is 7. The number of hydrogen-bond acceptors (Lipinski definition) is 5. The highest BCUT2D eigenvalue weighted by Gasteiger charge is 2.15. The van der Waals surface area contributed by atoms with Gasteiger partial charge in [0.05, 0.1) is 11.5 Å². The lowest BCUT2D eigenvalue weighted by Gasteiger charge is -2.10. The predicted molar refractivity (Wildman–Crippen MR) is 126 cm³/mol. The first-order chi connectivity index (χ1) is 15.6. The van der Waals surface area contributed by atoms with Gasteiger partial charge in [-0.1, -0.05) is 0 Å². The number of hydrogen-bond donors (Lipinski definition) is 2. The normalized spacial score (nSPS) is 11.7. The van der Waals surface area contributed by atoms with Crippen LogP contribution in [0.1, 0.15) is 23.9 Å². The Balaban J connectivity index is 1.87. The molecule has 0 saturated heterocycles. The van der Waals surface area contributed by atoms with Gasteiger partial charge >= 0.3 is 0 Å². The monoisotopic (exact) mass is 464 g/mol. The summed E-state index contributed by atoms with van der Waals surface area (Å²) < 4.78 is 30.3. The van der Waals surface area contributed by atoms with Crippen LogP contribution >= 0.6 is 0 Å². The molecule has 9 heteroatoms. The molecule has 0 radical (unpaired) electrons. The summed E-state index contributed by atoms with van der Waals surface area (Å²) in [6, 6.07) is 16.9. The van der Waals surface area contributed by atoms with Crippen LogP contribution in [0.2, 0.25) is 0 Å². The summed E-state index contributed by atoms with van der Waals surface area (Å²) in [7, 11) is -3.78. The molecular formula is C24H24N4O4S. The van der Waals surface area contributed by atoms with Crippen LogP contribution in [0.5, 0.6) is 5.75 Å². The molecule has 1 heterocycles. The van der Waals surface area contributed by atoms with Crippen LogP contribution in [0.3, 0.4) is 0 Å². The third-order valence-corrected chi connectivity index (χ3v) is 5.91. The van der Waals surface area contributed by atoms with Gasteiger partial charge in [0.1, 0.15) is 17.4 Å². The Morgan fingerprint density at radius 3 is 2.33 bits per heavy atom. The highest BCUT2D eigenvalue weighted by atomic mass is 32.2. The number of nitrogens with one attached hydrogen (secondary N) is 1. The number of nitriles is 1. The van der Waals surface area contributed by atoms with Crippen molar-refractivity contribution in [1.82, 2.24) is 4.57 Å². The van der Waals surface area contributed by atoms with Crippen LogP contribution in [0, 0.1) is 25.2 Å². The number of aromatic nitrogens is 1. The molecule has 0 saturated carbocycles. The summed E-state index contributed by atoms with van der Waals surface area (Å²) >= 11 is 0. The summed E-state index contributed by atoms with van der Waals surface area (Å²) in [6.07, 6.45) is 1.53. The Morgan fingerprint density at radius 2 is 1.79 bits per heavy atom. The van der Waals surface area contributed by atoms with Crippen molar-refractivity contribution < 1.29 is 17.9 Å². The molecule has 0 aliphatic carbocycles. The van der Waals surface area contributed by atoms with Gasteiger partial charge in [-0.25, -0.2) is 13.6 Å². The molecule has 0 unspecified atom stereocenters. The first-order valence-electron chi connectivity index (χ1n) is 10.1. The molecule has 3 aromatic rings. The molecule has 0 aliphatic heterocycles. The number of nitrogens with two attached hydrogens (primary N) is 1. The highest BCUT2D eigenvalue weighted by Crippen LogP contribution is 2.24. The molecule has 8 nitrogen and oxygen atoms in total. The maximum absolute atomic E-state index is 12.7. The lowest BCUT2D eigenvalue weighted by atomic mass is 10.1. The van der Waals surface area contributed by atoms with Crippen LogP contribution in [-0.2, 0) is 14.8 Å². The molecule has 3 rings (SSSR count). The molecule has 0 fully saturated rings. The first-order valence-corrected chi connectivity index (χ1v) is 11.7. The van der Waals surface area contributed by atoms with E-state index in [1.807, 2.05) is 37.5 Å². The number of amides is 1. The second kappa shape index (κ2) is 9.73. The summed E-state index contributed by atoms with van der Waals surface area (Å²) in [5, 5.41) is 17.4. The Hall–Kier alpha value is -3.87. The fraction of sp³-hybridized carbons (Fsp3) is 0.167. The molecule has 0 aliphatic rings. The van der Waals surface area contributed by atoms with Gasteiger partial charge in [-0.15, -0.1) is 0 Å². The van der Waals surface area contributed by atoms with Crippen molar-refractivity contribution in [1.29, 1.82) is 5.26 Å². The lowest BCUT2D eigenvalue weighted by molar-refractivity contribution is -0.112. The number of carbonyl (C=O) groups excluding carboxylic acids is 1. The number of carbonyl (C=O) groups is 1. The Labute approximate surface area is 193 Å². The van der Waals surface area contributed by atoms with E-state index >= 15 is 0 Å². The topological polar surface area (TPSA) is 127 Å². The standard InChI is InChI=1S/C24H24N4O4S/c1-4-32-22-9-5-20(6-10-22)27-24(29)19(15-25)14-18-13-16(2)28(17(18)3)21-7-11-23(12-8-21)33(26,30)31/h5-14H,4H2,1-3H3,(H,27,29)(H2,26,30,31)/b19-14-. The van der Waals surface area contributed by atoms with Gasteiger partial charge in [0, 0.05) is 22.8 Å².